The third kappa shape index (κ3) is 5.93. The predicted molar refractivity (Wildman–Crippen MR) is 80.8 cm³/mol. The first-order chi connectivity index (χ1) is 8.42. The van der Waals surface area contributed by atoms with E-state index in [0.717, 1.165) is 0 Å². The molecule has 0 amide bonds. The van der Waals surface area contributed by atoms with Crippen molar-refractivity contribution in [3.05, 3.63) is 34.5 Å². The molecule has 0 heterocycles. The van der Waals surface area contributed by atoms with Gasteiger partial charge in [-0.25, -0.2) is 8.42 Å². The minimum Gasteiger partial charge on any atom is -0.262 e. The quantitative estimate of drug-likeness (QED) is 0.440. The molecule has 0 bridgehead atoms. The number of allylic oxidation sites excluding steroid dienone is 3. The minimum absolute atomic E-state index is 0.0885. The van der Waals surface area contributed by atoms with Gasteiger partial charge in [-0.1, -0.05) is 26.0 Å². The van der Waals surface area contributed by atoms with E-state index in [9.17, 15) is 8.42 Å². The lowest BCUT2D eigenvalue weighted by atomic mass is 10.3. The Kier molecular flexibility index (Phi) is 10.4. The summed E-state index contributed by atoms with van der Waals surface area (Å²) in [6, 6.07) is 0. The molecule has 0 unspecified atom stereocenters. The number of nitrogens with zero attached hydrogens (tertiary/aromatic N) is 2. The lowest BCUT2D eigenvalue weighted by Crippen LogP contribution is -1.99. The summed E-state index contributed by atoms with van der Waals surface area (Å²) in [6.45, 7) is 13.9. The maximum Gasteiger partial charge on any atom is 0.263 e. The van der Waals surface area contributed by atoms with Crippen LogP contribution in [0.25, 0.3) is 0 Å². The molecule has 0 fully saturated rings. The van der Waals surface area contributed by atoms with Gasteiger partial charge in [0.2, 0.25) is 0 Å². The predicted octanol–water partition coefficient (Wildman–Crippen LogP) is 3.67. The fraction of sp³-hybridized carbons (Fsp3) is 0.333. The van der Waals surface area contributed by atoms with E-state index in [1.54, 1.807) is 19.1 Å². The Balaban J connectivity index is 0. The highest BCUT2D eigenvalue weighted by Gasteiger charge is 2.19. The summed E-state index contributed by atoms with van der Waals surface area (Å²) in [7, 11) is 1.39. The van der Waals surface area contributed by atoms with Crippen molar-refractivity contribution in [1.82, 2.24) is 0 Å². The largest absolute Gasteiger partial charge is 0.263 e. The van der Waals surface area contributed by atoms with E-state index in [1.165, 1.54) is 13.0 Å². The average Bonchev–Trinajstić information content (AvgIpc) is 2.34. The van der Waals surface area contributed by atoms with E-state index in [4.69, 9.17) is 10.7 Å². The van der Waals surface area contributed by atoms with Crippen LogP contribution in [0.3, 0.4) is 0 Å². The molecule has 0 saturated heterocycles. The van der Waals surface area contributed by atoms with E-state index in [1.807, 2.05) is 13.8 Å². The third-order valence-corrected chi connectivity index (χ3v) is 3.11. The first-order valence-corrected chi connectivity index (χ1v) is 7.65. The lowest BCUT2D eigenvalue weighted by Gasteiger charge is -2.05. The molecule has 0 aliphatic heterocycles. The van der Waals surface area contributed by atoms with Crippen molar-refractivity contribution in [3.8, 4) is 0 Å². The molecule has 4 nitrogen and oxygen atoms in total. The van der Waals surface area contributed by atoms with Gasteiger partial charge in [-0.2, -0.15) is 0 Å². The molecule has 0 aliphatic rings. The van der Waals surface area contributed by atoms with Crippen LogP contribution >= 0.6 is 10.7 Å². The average molecular weight is 291 g/mol. The Morgan fingerprint density at radius 1 is 1.17 bits per heavy atom. The van der Waals surface area contributed by atoms with Crippen LogP contribution < -0.4 is 0 Å². The van der Waals surface area contributed by atoms with Crippen molar-refractivity contribution < 1.29 is 8.42 Å². The fourth-order valence-corrected chi connectivity index (χ4v) is 2.21. The molecule has 0 aromatic heterocycles. The summed E-state index contributed by atoms with van der Waals surface area (Å²) in [4.78, 5) is 7.17. The van der Waals surface area contributed by atoms with Gasteiger partial charge in [-0.3, -0.25) is 9.98 Å². The molecule has 0 aromatic rings. The Hall–Kier alpha value is -1.20. The standard InChI is InChI=1S/C10H13ClN2O2S.C2H6/c1-5-7-8(12-3)10(13-4)9(6-2)16(11,14)15;1-2/h5-7H,3-4H2,1-2H3;1-2H3/b7-5-,9-6+,10-8-;. The van der Waals surface area contributed by atoms with Gasteiger partial charge in [-0.05, 0) is 33.4 Å². The first-order valence-electron chi connectivity index (χ1n) is 5.34. The van der Waals surface area contributed by atoms with Gasteiger partial charge in [0.25, 0.3) is 9.05 Å². The van der Waals surface area contributed by atoms with Crippen LogP contribution in [0.5, 0.6) is 0 Å². The number of halogens is 1. The highest BCUT2D eigenvalue weighted by molar-refractivity contribution is 8.17. The Morgan fingerprint density at radius 2 is 1.67 bits per heavy atom. The number of aliphatic imine (C=N–C) groups is 2. The zero-order valence-corrected chi connectivity index (χ0v) is 12.7. The minimum atomic E-state index is -3.88. The fourth-order valence-electron chi connectivity index (χ4n) is 1.04. The van der Waals surface area contributed by atoms with Gasteiger partial charge >= 0.3 is 0 Å². The topological polar surface area (TPSA) is 58.9 Å². The monoisotopic (exact) mass is 290 g/mol. The van der Waals surface area contributed by atoms with E-state index < -0.39 is 9.05 Å². The van der Waals surface area contributed by atoms with Crippen LogP contribution in [-0.4, -0.2) is 21.9 Å². The van der Waals surface area contributed by atoms with Crippen molar-refractivity contribution in [2.75, 3.05) is 0 Å². The third-order valence-electron chi connectivity index (χ3n) is 1.65. The van der Waals surface area contributed by atoms with Gasteiger partial charge in [0.1, 0.15) is 10.6 Å². The molecule has 0 aliphatic carbocycles. The lowest BCUT2D eigenvalue weighted by molar-refractivity contribution is 0.615. The molecule has 0 spiro atoms. The van der Waals surface area contributed by atoms with Gasteiger partial charge in [-0.15, -0.1) is 0 Å². The number of hydrogen-bond donors (Lipinski definition) is 0. The zero-order valence-electron chi connectivity index (χ0n) is 11.1. The second kappa shape index (κ2) is 9.79. The van der Waals surface area contributed by atoms with E-state index in [-0.39, 0.29) is 10.6 Å². The SMILES string of the molecule is C=NC(/C=C\C)=C(N=C)/C(=C\C)S(=O)(=O)Cl.CC. The molecule has 0 atom stereocenters. The molecule has 18 heavy (non-hydrogen) atoms. The molecule has 0 rings (SSSR count). The van der Waals surface area contributed by atoms with Gasteiger partial charge in [0, 0.05) is 10.7 Å². The van der Waals surface area contributed by atoms with Crippen LogP contribution in [0.4, 0.5) is 0 Å². The maximum absolute atomic E-state index is 11.3. The van der Waals surface area contributed by atoms with Crippen LogP contribution in [0, 0.1) is 0 Å². The van der Waals surface area contributed by atoms with Crippen molar-refractivity contribution >= 4 is 33.2 Å². The Morgan fingerprint density at radius 3 is 1.89 bits per heavy atom. The van der Waals surface area contributed by atoms with Gasteiger partial charge in [0.05, 0.1) is 5.70 Å². The maximum atomic E-state index is 11.3. The molecular weight excluding hydrogens is 272 g/mol. The van der Waals surface area contributed by atoms with E-state index in [0.29, 0.717) is 5.70 Å². The number of hydrogen-bond acceptors (Lipinski definition) is 4. The van der Waals surface area contributed by atoms with Crippen molar-refractivity contribution in [3.63, 3.8) is 0 Å². The summed E-state index contributed by atoms with van der Waals surface area (Å²) in [5.74, 6) is 0. The summed E-state index contributed by atoms with van der Waals surface area (Å²) in [6.07, 6.45) is 4.59. The van der Waals surface area contributed by atoms with Crippen molar-refractivity contribution in [2.45, 2.75) is 27.7 Å². The van der Waals surface area contributed by atoms with Gasteiger partial charge < -0.3 is 0 Å². The molecule has 0 saturated carbocycles. The zero-order chi connectivity index (χ0) is 14.8. The molecule has 0 N–H and O–H groups in total. The first kappa shape index (κ1) is 19.1. The van der Waals surface area contributed by atoms with Crippen LogP contribution in [0.2, 0.25) is 0 Å². The smallest absolute Gasteiger partial charge is 0.262 e. The summed E-state index contributed by atoms with van der Waals surface area (Å²) in [5.41, 5.74) is 0.389. The molecule has 0 aromatic carbocycles. The normalized spacial score (nSPS) is 13.5. The summed E-state index contributed by atoms with van der Waals surface area (Å²) >= 11 is 0. The highest BCUT2D eigenvalue weighted by Crippen LogP contribution is 2.25. The van der Waals surface area contributed by atoms with E-state index in [2.05, 4.69) is 23.4 Å². The molecular formula is C12H19ClN2O2S. The van der Waals surface area contributed by atoms with Crippen LogP contribution in [0.1, 0.15) is 27.7 Å². The molecule has 102 valence electrons. The van der Waals surface area contributed by atoms with Crippen LogP contribution in [0.15, 0.2) is 44.5 Å². The summed E-state index contributed by atoms with van der Waals surface area (Å²) < 4.78 is 22.6. The Bertz CT molecular complexity index is 474. The second-order valence-electron chi connectivity index (χ2n) is 2.64. The number of rotatable bonds is 5. The Labute approximate surface area is 114 Å². The van der Waals surface area contributed by atoms with E-state index >= 15 is 0 Å². The highest BCUT2D eigenvalue weighted by atomic mass is 35.7. The second-order valence-corrected chi connectivity index (χ2v) is 5.18. The van der Waals surface area contributed by atoms with Gasteiger partial charge in [0.15, 0.2) is 0 Å². The van der Waals surface area contributed by atoms with Crippen molar-refractivity contribution in [2.24, 2.45) is 9.98 Å². The van der Waals surface area contributed by atoms with Crippen LogP contribution in [-0.2, 0) is 9.05 Å². The summed E-state index contributed by atoms with van der Waals surface area (Å²) in [5, 5.41) is 0. The molecule has 6 heteroatoms. The van der Waals surface area contributed by atoms with Crippen molar-refractivity contribution in [1.29, 1.82) is 0 Å². The molecule has 0 radical (unpaired) electrons.